The molecule has 0 unspecified atom stereocenters. The van der Waals surface area contributed by atoms with Crippen molar-refractivity contribution >= 4 is 35.0 Å². The minimum absolute atomic E-state index is 0.0536. The number of halogens is 2. The first kappa shape index (κ1) is 10.0. The molecule has 13 heavy (non-hydrogen) atoms. The Morgan fingerprint density at radius 2 is 2.08 bits per heavy atom. The van der Waals surface area contributed by atoms with Crippen molar-refractivity contribution in [1.82, 2.24) is 9.97 Å². The number of aromatic nitrogens is 2. The summed E-state index contributed by atoms with van der Waals surface area (Å²) < 4.78 is 4.40. The molecule has 0 aliphatic rings. The van der Waals surface area contributed by atoms with Gasteiger partial charge in [-0.1, -0.05) is 11.6 Å². The van der Waals surface area contributed by atoms with Crippen LogP contribution in [0.5, 0.6) is 0 Å². The van der Waals surface area contributed by atoms with Crippen molar-refractivity contribution in [2.45, 2.75) is 0 Å². The summed E-state index contributed by atoms with van der Waals surface area (Å²) in [7, 11) is 1.20. The molecule has 1 rings (SSSR count). The molecule has 2 N–H and O–H groups in total. The van der Waals surface area contributed by atoms with Crippen molar-refractivity contribution in [3.05, 3.63) is 16.0 Å². The van der Waals surface area contributed by atoms with Gasteiger partial charge in [0.2, 0.25) is 5.28 Å². The summed E-state index contributed by atoms with van der Waals surface area (Å²) in [5.74, 6) is -0.761. The van der Waals surface area contributed by atoms with Gasteiger partial charge in [0.25, 0.3) is 0 Å². The fourth-order valence-electron chi connectivity index (χ4n) is 0.668. The molecular formula is C6H5Cl2N3O2. The maximum absolute atomic E-state index is 11.0. The summed E-state index contributed by atoms with van der Waals surface area (Å²) in [6, 6.07) is 0. The zero-order chi connectivity index (χ0) is 10.0. The second-order valence-corrected chi connectivity index (χ2v) is 2.75. The van der Waals surface area contributed by atoms with E-state index in [1.54, 1.807) is 0 Å². The van der Waals surface area contributed by atoms with Gasteiger partial charge >= 0.3 is 5.97 Å². The average Bonchev–Trinajstić information content (AvgIpc) is 2.10. The lowest BCUT2D eigenvalue weighted by molar-refractivity contribution is 0.0594. The van der Waals surface area contributed by atoms with E-state index in [1.165, 1.54) is 7.11 Å². The molecule has 1 aromatic rings. The molecule has 0 bridgehead atoms. The molecule has 0 radical (unpaired) electrons. The molecule has 0 saturated carbocycles. The second-order valence-electron chi connectivity index (χ2n) is 2.03. The maximum atomic E-state index is 11.0. The molecule has 0 aliphatic heterocycles. The van der Waals surface area contributed by atoms with Gasteiger partial charge in [-0.3, -0.25) is 0 Å². The van der Waals surface area contributed by atoms with Crippen molar-refractivity contribution in [1.29, 1.82) is 0 Å². The van der Waals surface area contributed by atoms with Crippen LogP contribution in [0.15, 0.2) is 0 Å². The molecule has 1 aromatic heterocycles. The molecule has 0 spiro atoms. The third-order valence-corrected chi connectivity index (χ3v) is 1.77. The third kappa shape index (κ3) is 1.99. The summed E-state index contributed by atoms with van der Waals surface area (Å²) in [5.41, 5.74) is 5.20. The van der Waals surface area contributed by atoms with Gasteiger partial charge in [-0.15, -0.1) is 0 Å². The lowest BCUT2D eigenvalue weighted by Crippen LogP contribution is -2.08. The first-order chi connectivity index (χ1) is 6.06. The van der Waals surface area contributed by atoms with Crippen LogP contribution in [0.2, 0.25) is 10.3 Å². The number of hydrogen-bond acceptors (Lipinski definition) is 5. The Hall–Kier alpha value is -1.07. The molecule has 70 valence electrons. The van der Waals surface area contributed by atoms with Gasteiger partial charge in [-0.2, -0.15) is 4.98 Å². The third-order valence-electron chi connectivity index (χ3n) is 1.23. The molecule has 0 aliphatic carbocycles. The number of rotatable bonds is 1. The predicted octanol–water partition coefficient (Wildman–Crippen LogP) is 1.15. The first-order valence-corrected chi connectivity index (χ1v) is 3.88. The predicted molar refractivity (Wildman–Crippen MR) is 47.8 cm³/mol. The minimum atomic E-state index is -0.707. The fourth-order valence-corrected chi connectivity index (χ4v) is 1.01. The van der Waals surface area contributed by atoms with E-state index in [4.69, 9.17) is 28.9 Å². The van der Waals surface area contributed by atoms with Crippen LogP contribution in [0.1, 0.15) is 10.5 Å². The molecule has 5 nitrogen and oxygen atoms in total. The number of nitrogens with two attached hydrogens (primary N) is 1. The maximum Gasteiger partial charge on any atom is 0.358 e. The van der Waals surface area contributed by atoms with Crippen LogP contribution in [0.3, 0.4) is 0 Å². The van der Waals surface area contributed by atoms with E-state index in [0.29, 0.717) is 0 Å². The van der Waals surface area contributed by atoms with Gasteiger partial charge in [0.15, 0.2) is 5.69 Å². The van der Waals surface area contributed by atoms with Gasteiger partial charge < -0.3 is 10.5 Å². The number of nitrogen functional groups attached to an aromatic ring is 1. The smallest absolute Gasteiger partial charge is 0.358 e. The van der Waals surface area contributed by atoms with E-state index in [1.807, 2.05) is 0 Å². The number of ether oxygens (including phenoxy) is 1. The van der Waals surface area contributed by atoms with Gasteiger partial charge in [0, 0.05) is 0 Å². The SMILES string of the molecule is COC(=O)c1nc(Cl)nc(N)c1Cl. The molecule has 0 aromatic carbocycles. The highest BCUT2D eigenvalue weighted by molar-refractivity contribution is 6.36. The Bertz CT molecular complexity index is 356. The number of methoxy groups -OCH3 is 1. The van der Waals surface area contributed by atoms with E-state index in [9.17, 15) is 4.79 Å². The van der Waals surface area contributed by atoms with Crippen LogP contribution in [0, 0.1) is 0 Å². The summed E-state index contributed by atoms with van der Waals surface area (Å²) in [4.78, 5) is 18.1. The van der Waals surface area contributed by atoms with Crippen LogP contribution in [-0.4, -0.2) is 23.0 Å². The summed E-state index contributed by atoms with van der Waals surface area (Å²) in [6.07, 6.45) is 0. The van der Waals surface area contributed by atoms with Gasteiger partial charge in [-0.25, -0.2) is 9.78 Å². The topological polar surface area (TPSA) is 78.1 Å². The Morgan fingerprint density at radius 3 is 2.62 bits per heavy atom. The number of anilines is 1. The number of carbonyl (C=O) groups excluding carboxylic acids is 1. The van der Waals surface area contributed by atoms with Gasteiger partial charge in [0.1, 0.15) is 10.8 Å². The van der Waals surface area contributed by atoms with Crippen LogP contribution >= 0.6 is 23.2 Å². The Balaban J connectivity index is 3.28. The van der Waals surface area contributed by atoms with E-state index < -0.39 is 5.97 Å². The summed E-state index contributed by atoms with van der Waals surface area (Å²) in [6.45, 7) is 0. The lowest BCUT2D eigenvalue weighted by atomic mass is 10.4. The fraction of sp³-hybridized carbons (Fsp3) is 0.167. The Kier molecular flexibility index (Phi) is 2.90. The quantitative estimate of drug-likeness (QED) is 0.569. The standard InChI is InChI=1S/C6H5Cl2N3O2/c1-13-5(12)3-2(7)4(9)11-6(8)10-3/h1H3,(H2,9,10,11). The van der Waals surface area contributed by atoms with Crippen molar-refractivity contribution < 1.29 is 9.53 Å². The van der Waals surface area contributed by atoms with E-state index in [0.717, 1.165) is 0 Å². The highest BCUT2D eigenvalue weighted by Gasteiger charge is 2.16. The zero-order valence-corrected chi connectivity index (χ0v) is 8.06. The van der Waals surface area contributed by atoms with Crippen LogP contribution < -0.4 is 5.73 Å². The molecule has 0 fully saturated rings. The van der Waals surface area contributed by atoms with Gasteiger partial charge in [0.05, 0.1) is 7.11 Å². The molecule has 0 amide bonds. The zero-order valence-electron chi connectivity index (χ0n) is 6.54. The normalized spacial score (nSPS) is 9.77. The molecule has 1 heterocycles. The Labute approximate surface area is 83.8 Å². The van der Waals surface area contributed by atoms with Crippen LogP contribution in [0.25, 0.3) is 0 Å². The van der Waals surface area contributed by atoms with Crippen molar-refractivity contribution in [2.24, 2.45) is 0 Å². The molecule has 7 heteroatoms. The molecule has 0 atom stereocenters. The highest BCUT2D eigenvalue weighted by Crippen LogP contribution is 2.22. The number of nitrogens with zero attached hydrogens (tertiary/aromatic N) is 2. The second kappa shape index (κ2) is 3.76. The summed E-state index contributed by atoms with van der Waals surface area (Å²) in [5, 5.41) is -0.210. The van der Waals surface area contributed by atoms with E-state index in [2.05, 4.69) is 14.7 Å². The largest absolute Gasteiger partial charge is 0.464 e. The van der Waals surface area contributed by atoms with E-state index >= 15 is 0 Å². The average molecular weight is 222 g/mol. The minimum Gasteiger partial charge on any atom is -0.464 e. The molecular weight excluding hydrogens is 217 g/mol. The molecule has 0 saturated heterocycles. The highest BCUT2D eigenvalue weighted by atomic mass is 35.5. The van der Waals surface area contributed by atoms with Crippen molar-refractivity contribution in [3.8, 4) is 0 Å². The van der Waals surface area contributed by atoms with E-state index in [-0.39, 0.29) is 21.8 Å². The van der Waals surface area contributed by atoms with Crippen molar-refractivity contribution in [2.75, 3.05) is 12.8 Å². The van der Waals surface area contributed by atoms with Crippen LogP contribution in [-0.2, 0) is 4.74 Å². The van der Waals surface area contributed by atoms with Gasteiger partial charge in [-0.05, 0) is 11.6 Å². The lowest BCUT2D eigenvalue weighted by Gasteiger charge is -2.02. The first-order valence-electron chi connectivity index (χ1n) is 3.13. The monoisotopic (exact) mass is 221 g/mol. The number of hydrogen-bond donors (Lipinski definition) is 1. The summed E-state index contributed by atoms with van der Waals surface area (Å²) >= 11 is 11.1. The number of esters is 1. The van der Waals surface area contributed by atoms with Crippen LogP contribution in [0.4, 0.5) is 5.82 Å². The van der Waals surface area contributed by atoms with Crippen molar-refractivity contribution in [3.63, 3.8) is 0 Å². The number of carbonyl (C=O) groups is 1. The Morgan fingerprint density at radius 1 is 1.46 bits per heavy atom.